The minimum atomic E-state index is -0.522. The highest BCUT2D eigenvalue weighted by molar-refractivity contribution is 5.63. The lowest BCUT2D eigenvalue weighted by atomic mass is 10.1. The van der Waals surface area contributed by atoms with Crippen molar-refractivity contribution in [2.75, 3.05) is 5.32 Å². The van der Waals surface area contributed by atoms with E-state index in [0.717, 1.165) is 16.8 Å². The van der Waals surface area contributed by atoms with Gasteiger partial charge in [0, 0.05) is 11.8 Å². The molecule has 5 heteroatoms. The molecule has 0 fully saturated rings. The maximum absolute atomic E-state index is 11.2. The fraction of sp³-hybridized carbons (Fsp3) is 0.167. The first-order valence-electron chi connectivity index (χ1n) is 5.23. The van der Waals surface area contributed by atoms with Crippen LogP contribution in [0.1, 0.15) is 11.1 Å². The number of aromatic amines is 2. The molecule has 88 valence electrons. The van der Waals surface area contributed by atoms with Crippen molar-refractivity contribution >= 4 is 11.5 Å². The Labute approximate surface area is 97.5 Å². The summed E-state index contributed by atoms with van der Waals surface area (Å²) < 4.78 is 0. The van der Waals surface area contributed by atoms with Gasteiger partial charge < -0.3 is 5.32 Å². The van der Waals surface area contributed by atoms with Gasteiger partial charge >= 0.3 is 5.69 Å². The normalized spacial score (nSPS) is 10.2. The Bertz CT molecular complexity index is 607. The second-order valence-electron chi connectivity index (χ2n) is 3.89. The van der Waals surface area contributed by atoms with E-state index in [2.05, 4.69) is 15.3 Å². The van der Waals surface area contributed by atoms with Crippen molar-refractivity contribution in [2.24, 2.45) is 0 Å². The van der Waals surface area contributed by atoms with Crippen LogP contribution in [0.5, 0.6) is 0 Å². The molecule has 0 saturated carbocycles. The predicted octanol–water partition coefficient (Wildman–Crippen LogP) is 1.42. The first-order chi connectivity index (χ1) is 8.06. The van der Waals surface area contributed by atoms with Gasteiger partial charge in [-0.15, -0.1) is 0 Å². The number of aromatic nitrogens is 2. The fourth-order valence-electron chi connectivity index (χ4n) is 1.68. The number of aryl methyl sites for hydroxylation is 2. The molecular formula is C12H13N3O2. The van der Waals surface area contributed by atoms with Crippen LogP contribution < -0.4 is 16.6 Å². The molecular weight excluding hydrogens is 218 g/mol. The average Bonchev–Trinajstić information content (AvgIpc) is 2.22. The molecule has 0 aliphatic rings. The number of para-hydroxylation sites is 1. The predicted molar refractivity (Wildman–Crippen MR) is 66.9 cm³/mol. The summed E-state index contributed by atoms with van der Waals surface area (Å²) >= 11 is 0. The highest BCUT2D eigenvalue weighted by Gasteiger charge is 2.03. The third-order valence-electron chi connectivity index (χ3n) is 2.50. The van der Waals surface area contributed by atoms with Crippen LogP contribution in [0.4, 0.5) is 11.5 Å². The number of rotatable bonds is 2. The van der Waals surface area contributed by atoms with Gasteiger partial charge in [0.15, 0.2) is 0 Å². The Balaban J connectivity index is 2.45. The van der Waals surface area contributed by atoms with E-state index >= 15 is 0 Å². The van der Waals surface area contributed by atoms with Crippen molar-refractivity contribution in [2.45, 2.75) is 13.8 Å². The number of hydrogen-bond acceptors (Lipinski definition) is 3. The number of hydrogen-bond donors (Lipinski definition) is 3. The fourth-order valence-corrected chi connectivity index (χ4v) is 1.68. The average molecular weight is 231 g/mol. The van der Waals surface area contributed by atoms with E-state index < -0.39 is 11.2 Å². The zero-order valence-electron chi connectivity index (χ0n) is 9.63. The molecule has 3 N–H and O–H groups in total. The Kier molecular flexibility index (Phi) is 2.82. The molecule has 2 rings (SSSR count). The van der Waals surface area contributed by atoms with E-state index in [1.807, 2.05) is 32.0 Å². The summed E-state index contributed by atoms with van der Waals surface area (Å²) in [5.41, 5.74) is 2.04. The summed E-state index contributed by atoms with van der Waals surface area (Å²) in [6, 6.07) is 7.19. The van der Waals surface area contributed by atoms with Gasteiger partial charge in [-0.1, -0.05) is 18.2 Å². The van der Waals surface area contributed by atoms with E-state index in [-0.39, 0.29) is 0 Å². The topological polar surface area (TPSA) is 77.8 Å². The summed E-state index contributed by atoms with van der Waals surface area (Å²) in [5.74, 6) is 0.385. The van der Waals surface area contributed by atoms with Gasteiger partial charge in [-0.2, -0.15) is 0 Å². The molecule has 0 amide bonds. The number of anilines is 2. The SMILES string of the molecule is Cc1cccc(C)c1Nc1cc(=O)[nH]c(=O)[nH]1. The number of H-pyrrole nitrogens is 2. The summed E-state index contributed by atoms with van der Waals surface area (Å²) in [7, 11) is 0. The summed E-state index contributed by atoms with van der Waals surface area (Å²) in [4.78, 5) is 26.9. The highest BCUT2D eigenvalue weighted by atomic mass is 16.2. The molecule has 5 nitrogen and oxygen atoms in total. The summed E-state index contributed by atoms with van der Waals surface area (Å²) in [5, 5.41) is 3.05. The molecule has 17 heavy (non-hydrogen) atoms. The van der Waals surface area contributed by atoms with Crippen LogP contribution in [0.3, 0.4) is 0 Å². The molecule has 2 aromatic rings. The largest absolute Gasteiger partial charge is 0.341 e. The third kappa shape index (κ3) is 2.44. The van der Waals surface area contributed by atoms with E-state index in [0.29, 0.717) is 5.82 Å². The van der Waals surface area contributed by atoms with Gasteiger partial charge in [0.2, 0.25) is 0 Å². The Hall–Kier alpha value is -2.30. The highest BCUT2D eigenvalue weighted by Crippen LogP contribution is 2.21. The lowest BCUT2D eigenvalue weighted by Gasteiger charge is -2.11. The Morgan fingerprint density at radius 2 is 1.71 bits per heavy atom. The Morgan fingerprint density at radius 1 is 1.06 bits per heavy atom. The van der Waals surface area contributed by atoms with E-state index in [1.54, 1.807) is 0 Å². The van der Waals surface area contributed by atoms with Gasteiger partial charge in [-0.3, -0.25) is 14.8 Å². The van der Waals surface area contributed by atoms with Crippen LogP contribution in [-0.2, 0) is 0 Å². The van der Waals surface area contributed by atoms with Gasteiger partial charge in [0.1, 0.15) is 5.82 Å². The zero-order chi connectivity index (χ0) is 12.4. The second kappa shape index (κ2) is 4.29. The molecule has 0 unspecified atom stereocenters. The molecule has 0 bridgehead atoms. The number of nitrogens with one attached hydrogen (secondary N) is 3. The summed E-state index contributed by atoms with van der Waals surface area (Å²) in [6.45, 7) is 3.92. The van der Waals surface area contributed by atoms with Crippen LogP contribution in [-0.4, -0.2) is 9.97 Å². The van der Waals surface area contributed by atoms with Crippen LogP contribution in [0.25, 0.3) is 0 Å². The first-order valence-corrected chi connectivity index (χ1v) is 5.23. The van der Waals surface area contributed by atoms with Crippen molar-refractivity contribution < 1.29 is 0 Å². The minimum Gasteiger partial charge on any atom is -0.341 e. The Morgan fingerprint density at radius 3 is 2.29 bits per heavy atom. The lowest BCUT2D eigenvalue weighted by molar-refractivity contribution is 1.04. The standard InChI is InChI=1S/C12H13N3O2/c1-7-4-3-5-8(2)11(7)13-9-6-10(16)15-12(17)14-9/h3-6H,1-2H3,(H3,13,14,15,16,17). The molecule has 0 atom stereocenters. The first kappa shape index (κ1) is 11.2. The van der Waals surface area contributed by atoms with E-state index in [9.17, 15) is 9.59 Å². The van der Waals surface area contributed by atoms with Crippen LogP contribution in [0.15, 0.2) is 33.9 Å². The molecule has 1 aromatic heterocycles. The minimum absolute atomic E-state index is 0.385. The summed E-state index contributed by atoms with van der Waals surface area (Å²) in [6.07, 6.45) is 0. The maximum atomic E-state index is 11.2. The zero-order valence-corrected chi connectivity index (χ0v) is 9.63. The van der Waals surface area contributed by atoms with Crippen LogP contribution >= 0.6 is 0 Å². The quantitative estimate of drug-likeness (QED) is 0.731. The van der Waals surface area contributed by atoms with Gasteiger partial charge in [0.25, 0.3) is 5.56 Å². The molecule has 0 aliphatic carbocycles. The van der Waals surface area contributed by atoms with E-state index in [1.165, 1.54) is 6.07 Å². The second-order valence-corrected chi connectivity index (χ2v) is 3.89. The molecule has 0 saturated heterocycles. The van der Waals surface area contributed by atoms with Crippen LogP contribution in [0, 0.1) is 13.8 Å². The van der Waals surface area contributed by atoms with Crippen molar-refractivity contribution in [1.82, 2.24) is 9.97 Å². The van der Waals surface area contributed by atoms with Crippen molar-refractivity contribution in [3.63, 3.8) is 0 Å². The molecule has 0 aliphatic heterocycles. The van der Waals surface area contributed by atoms with Crippen molar-refractivity contribution in [3.8, 4) is 0 Å². The third-order valence-corrected chi connectivity index (χ3v) is 2.50. The number of benzene rings is 1. The lowest BCUT2D eigenvalue weighted by Crippen LogP contribution is -2.22. The monoisotopic (exact) mass is 231 g/mol. The van der Waals surface area contributed by atoms with Gasteiger partial charge in [0.05, 0.1) is 0 Å². The molecule has 1 aromatic carbocycles. The smallest absolute Gasteiger partial charge is 0.327 e. The maximum Gasteiger partial charge on any atom is 0.327 e. The van der Waals surface area contributed by atoms with Gasteiger partial charge in [-0.25, -0.2) is 4.79 Å². The molecule has 0 radical (unpaired) electrons. The van der Waals surface area contributed by atoms with Crippen molar-refractivity contribution in [1.29, 1.82) is 0 Å². The van der Waals surface area contributed by atoms with Crippen LogP contribution in [0.2, 0.25) is 0 Å². The van der Waals surface area contributed by atoms with E-state index in [4.69, 9.17) is 0 Å². The van der Waals surface area contributed by atoms with Crippen molar-refractivity contribution in [3.05, 3.63) is 56.2 Å². The van der Waals surface area contributed by atoms with Gasteiger partial charge in [-0.05, 0) is 25.0 Å². The molecule has 1 heterocycles. The molecule has 0 spiro atoms.